The number of rotatable bonds is 0. The lowest BCUT2D eigenvalue weighted by Crippen LogP contribution is -2.37. The van der Waals surface area contributed by atoms with Gasteiger partial charge in [-0.05, 0) is 12.8 Å². The molecule has 0 spiro atoms. The van der Waals surface area contributed by atoms with Gasteiger partial charge in [-0.2, -0.15) is 0 Å². The van der Waals surface area contributed by atoms with E-state index >= 15 is 0 Å². The average molecular weight is 127 g/mol. The van der Waals surface area contributed by atoms with Gasteiger partial charge in [0.15, 0.2) is 0 Å². The lowest BCUT2D eigenvalue weighted by atomic mass is 10.4. The molecule has 52 valence electrons. The zero-order valence-corrected chi connectivity index (χ0v) is 5.63. The Balaban J connectivity index is 2.42. The Hall–Kier alpha value is -0.730. The minimum Gasteiger partial charge on any atom is -0.846 e. The third-order valence-electron chi connectivity index (χ3n) is 1.57. The lowest BCUT2D eigenvalue weighted by Gasteiger charge is -2.23. The van der Waals surface area contributed by atoms with Crippen molar-refractivity contribution in [2.45, 2.75) is 12.8 Å². The molecule has 1 rings (SSSR count). The van der Waals surface area contributed by atoms with Crippen molar-refractivity contribution in [3.8, 4) is 0 Å². The quantitative estimate of drug-likeness (QED) is 0.323. The molecule has 0 unspecified atom stereocenters. The molecule has 1 saturated heterocycles. The van der Waals surface area contributed by atoms with Crippen LogP contribution in [-0.4, -0.2) is 31.1 Å². The second-order valence-corrected chi connectivity index (χ2v) is 2.20. The molecule has 0 N–H and O–H groups in total. The van der Waals surface area contributed by atoms with E-state index in [1.165, 1.54) is 0 Å². The monoisotopic (exact) mass is 127 g/mol. The predicted octanol–water partition coefficient (Wildman–Crippen LogP) is -0.572. The molecule has 0 aromatic carbocycles. The van der Waals surface area contributed by atoms with Crippen LogP contribution in [0.4, 0.5) is 0 Å². The topological polar surface area (TPSA) is 38.7 Å². The Morgan fingerprint density at radius 3 is 2.44 bits per heavy atom. The van der Waals surface area contributed by atoms with Gasteiger partial charge in [0.25, 0.3) is 0 Å². The summed E-state index contributed by atoms with van der Waals surface area (Å²) in [6.07, 6.45) is 2.28. The van der Waals surface area contributed by atoms with Gasteiger partial charge in [-0.3, -0.25) is 4.99 Å². The highest BCUT2D eigenvalue weighted by Gasteiger charge is 2.08. The molecule has 0 amide bonds. The highest BCUT2D eigenvalue weighted by molar-refractivity contribution is 5.69. The van der Waals surface area contributed by atoms with Crippen LogP contribution >= 0.6 is 0 Å². The fraction of sp³-hybridized carbons (Fsp3) is 0.833. The Labute approximate surface area is 55.0 Å². The summed E-state index contributed by atoms with van der Waals surface area (Å²) in [5.41, 5.74) is 0. The minimum absolute atomic E-state index is 0.0625. The van der Waals surface area contributed by atoms with Crippen molar-refractivity contribution in [3.63, 3.8) is 0 Å². The van der Waals surface area contributed by atoms with E-state index in [9.17, 15) is 5.11 Å². The summed E-state index contributed by atoms with van der Waals surface area (Å²) in [7, 11) is 1.54. The highest BCUT2D eigenvalue weighted by Crippen LogP contribution is 2.05. The largest absolute Gasteiger partial charge is 0.846 e. The molecule has 0 aliphatic carbocycles. The first-order valence-electron chi connectivity index (χ1n) is 3.23. The van der Waals surface area contributed by atoms with E-state index in [4.69, 9.17) is 0 Å². The third kappa shape index (κ3) is 1.34. The number of hydrogen-bond acceptors (Lipinski definition) is 2. The van der Waals surface area contributed by atoms with E-state index in [2.05, 4.69) is 4.99 Å². The number of aliphatic imine (C=N–C) groups is 1. The van der Waals surface area contributed by atoms with Gasteiger partial charge in [0, 0.05) is 26.2 Å². The van der Waals surface area contributed by atoms with Crippen LogP contribution in [0, 0.1) is 0 Å². The van der Waals surface area contributed by atoms with Gasteiger partial charge >= 0.3 is 0 Å². The SMILES string of the molecule is CN=C([O-])N1CCCC1. The van der Waals surface area contributed by atoms with Crippen LogP contribution in [0.1, 0.15) is 12.8 Å². The van der Waals surface area contributed by atoms with Crippen molar-refractivity contribution >= 4 is 6.02 Å². The molecule has 1 heterocycles. The van der Waals surface area contributed by atoms with Gasteiger partial charge in [0.05, 0.1) is 0 Å². The first-order chi connectivity index (χ1) is 4.34. The molecule has 9 heavy (non-hydrogen) atoms. The Morgan fingerprint density at radius 2 is 2.00 bits per heavy atom. The van der Waals surface area contributed by atoms with E-state index in [0.29, 0.717) is 0 Å². The Bertz CT molecular complexity index is 116. The van der Waals surface area contributed by atoms with Crippen molar-refractivity contribution in [3.05, 3.63) is 0 Å². The number of amidine groups is 1. The van der Waals surface area contributed by atoms with Crippen LogP contribution in [-0.2, 0) is 0 Å². The maximum atomic E-state index is 10.8. The second-order valence-electron chi connectivity index (χ2n) is 2.20. The molecule has 0 bridgehead atoms. The molecule has 3 nitrogen and oxygen atoms in total. The predicted molar refractivity (Wildman–Crippen MR) is 34.2 cm³/mol. The summed E-state index contributed by atoms with van der Waals surface area (Å²) in [4.78, 5) is 5.34. The molecular formula is C6H11N2O-. The van der Waals surface area contributed by atoms with E-state index < -0.39 is 0 Å². The molecule has 0 atom stereocenters. The fourth-order valence-electron chi connectivity index (χ4n) is 1.05. The maximum absolute atomic E-state index is 10.8. The fourth-order valence-corrected chi connectivity index (χ4v) is 1.05. The van der Waals surface area contributed by atoms with Crippen LogP contribution in [0.3, 0.4) is 0 Å². The molecular weight excluding hydrogens is 116 g/mol. The summed E-state index contributed by atoms with van der Waals surface area (Å²) in [5.74, 6) is 0. The van der Waals surface area contributed by atoms with Crippen molar-refractivity contribution < 1.29 is 5.11 Å². The molecule has 0 aromatic heterocycles. The summed E-state index contributed by atoms with van der Waals surface area (Å²) in [5, 5.41) is 10.8. The first kappa shape index (κ1) is 6.39. The molecule has 0 aromatic rings. The number of nitrogens with zero attached hydrogens (tertiary/aromatic N) is 2. The minimum atomic E-state index is -0.0625. The van der Waals surface area contributed by atoms with Crippen molar-refractivity contribution in [2.75, 3.05) is 20.1 Å². The van der Waals surface area contributed by atoms with E-state index in [1.807, 2.05) is 0 Å². The van der Waals surface area contributed by atoms with Gasteiger partial charge in [-0.25, -0.2) is 0 Å². The van der Waals surface area contributed by atoms with Crippen molar-refractivity contribution in [2.24, 2.45) is 4.99 Å². The molecule has 0 radical (unpaired) electrons. The number of likely N-dealkylation sites (tertiary alicyclic amines) is 1. The van der Waals surface area contributed by atoms with Crippen LogP contribution in [0.2, 0.25) is 0 Å². The normalized spacial score (nSPS) is 21.0. The zero-order valence-electron chi connectivity index (χ0n) is 5.63. The molecule has 1 aliphatic rings. The summed E-state index contributed by atoms with van der Waals surface area (Å²) in [6, 6.07) is -0.0625. The van der Waals surface area contributed by atoms with Crippen molar-refractivity contribution in [1.82, 2.24) is 4.90 Å². The van der Waals surface area contributed by atoms with Gasteiger partial charge < -0.3 is 10.0 Å². The van der Waals surface area contributed by atoms with Crippen LogP contribution < -0.4 is 5.11 Å². The summed E-state index contributed by atoms with van der Waals surface area (Å²) >= 11 is 0. The zero-order chi connectivity index (χ0) is 6.69. The first-order valence-corrected chi connectivity index (χ1v) is 3.23. The van der Waals surface area contributed by atoms with Gasteiger partial charge in [0.1, 0.15) is 0 Å². The van der Waals surface area contributed by atoms with Crippen molar-refractivity contribution in [1.29, 1.82) is 0 Å². The highest BCUT2D eigenvalue weighted by atomic mass is 16.3. The van der Waals surface area contributed by atoms with E-state index in [-0.39, 0.29) is 6.02 Å². The molecule has 0 saturated carbocycles. The summed E-state index contributed by atoms with van der Waals surface area (Å²) in [6.45, 7) is 1.80. The smallest absolute Gasteiger partial charge is 0.0495 e. The summed E-state index contributed by atoms with van der Waals surface area (Å²) < 4.78 is 0. The maximum Gasteiger partial charge on any atom is 0.0495 e. The van der Waals surface area contributed by atoms with Gasteiger partial charge in [-0.15, -0.1) is 0 Å². The molecule has 3 heteroatoms. The third-order valence-corrected chi connectivity index (χ3v) is 1.57. The van der Waals surface area contributed by atoms with Gasteiger partial charge in [-0.1, -0.05) is 0 Å². The van der Waals surface area contributed by atoms with E-state index in [0.717, 1.165) is 25.9 Å². The Kier molecular flexibility index (Phi) is 1.92. The number of hydrogen-bond donors (Lipinski definition) is 0. The lowest BCUT2D eigenvalue weighted by molar-refractivity contribution is -0.233. The van der Waals surface area contributed by atoms with E-state index in [1.54, 1.807) is 11.9 Å². The molecule has 1 aliphatic heterocycles. The van der Waals surface area contributed by atoms with Gasteiger partial charge in [0.2, 0.25) is 0 Å². The van der Waals surface area contributed by atoms with Crippen LogP contribution in [0.5, 0.6) is 0 Å². The standard InChI is InChI=1S/C6H12N2O/c1-7-6(9)8-4-2-3-5-8/h2-5H2,1H3,(H,7,9)/p-1. The Morgan fingerprint density at radius 1 is 1.44 bits per heavy atom. The average Bonchev–Trinajstić information content (AvgIpc) is 2.37. The van der Waals surface area contributed by atoms with Crippen LogP contribution in [0.25, 0.3) is 0 Å². The second kappa shape index (κ2) is 2.71. The molecule has 1 fully saturated rings. The van der Waals surface area contributed by atoms with Crippen LogP contribution in [0.15, 0.2) is 4.99 Å².